The molecular weight excluding hydrogens is 294 g/mol. The maximum absolute atomic E-state index is 12.2. The summed E-state index contributed by atoms with van der Waals surface area (Å²) in [4.78, 5) is 14.2. The van der Waals surface area contributed by atoms with Gasteiger partial charge in [0.25, 0.3) is 0 Å². The highest BCUT2D eigenvalue weighted by Gasteiger charge is 2.10. The van der Waals surface area contributed by atoms with Crippen molar-refractivity contribution in [2.45, 2.75) is 124 Å². The molecule has 0 aromatic rings. The Labute approximate surface area is 152 Å². The average molecular weight is 340 g/mol. The molecule has 0 aliphatic carbocycles. The maximum Gasteiger partial charge on any atom is 0.222 e. The van der Waals surface area contributed by atoms with Gasteiger partial charge < -0.3 is 4.90 Å². The largest absolute Gasteiger partial charge is 0.343 e. The first-order chi connectivity index (χ1) is 11.8. The van der Waals surface area contributed by atoms with Crippen LogP contribution in [0.1, 0.15) is 124 Å². The molecular formula is C22H45NO. The smallest absolute Gasteiger partial charge is 0.222 e. The molecule has 0 unspecified atom stereocenters. The van der Waals surface area contributed by atoms with Crippen LogP contribution in [0.4, 0.5) is 0 Å². The van der Waals surface area contributed by atoms with E-state index in [1.165, 1.54) is 77.0 Å². The summed E-state index contributed by atoms with van der Waals surface area (Å²) in [5.41, 5.74) is 0. The average Bonchev–Trinajstić information content (AvgIpc) is 2.58. The monoisotopic (exact) mass is 339 g/mol. The highest BCUT2D eigenvalue weighted by atomic mass is 16.2. The standard InChI is InChI=1S/C22H45NO/c1-4-7-8-9-10-11-12-13-14-15-16-17-18-19-22(24)23(20-5-2)21-6-3/h4-21H2,1-3H3. The Hall–Kier alpha value is -0.530. The number of hydrogen-bond donors (Lipinski definition) is 0. The van der Waals surface area contributed by atoms with E-state index in [9.17, 15) is 4.79 Å². The molecule has 24 heavy (non-hydrogen) atoms. The van der Waals surface area contributed by atoms with Gasteiger partial charge in [0.15, 0.2) is 0 Å². The summed E-state index contributed by atoms with van der Waals surface area (Å²) in [5.74, 6) is 0.377. The number of carbonyl (C=O) groups excluding carboxylic acids is 1. The van der Waals surface area contributed by atoms with Crippen LogP contribution in [0.25, 0.3) is 0 Å². The minimum absolute atomic E-state index is 0.377. The molecule has 0 spiro atoms. The van der Waals surface area contributed by atoms with Crippen LogP contribution in [-0.2, 0) is 4.79 Å². The van der Waals surface area contributed by atoms with E-state index in [4.69, 9.17) is 0 Å². The minimum atomic E-state index is 0.377. The Kier molecular flexibility index (Phi) is 18.4. The number of unbranched alkanes of at least 4 members (excludes halogenated alkanes) is 12. The van der Waals surface area contributed by atoms with Crippen molar-refractivity contribution < 1.29 is 4.79 Å². The lowest BCUT2D eigenvalue weighted by atomic mass is 10.0. The first-order valence-electron chi connectivity index (χ1n) is 11.0. The number of amides is 1. The van der Waals surface area contributed by atoms with Crippen molar-refractivity contribution in [3.63, 3.8) is 0 Å². The zero-order valence-electron chi connectivity index (χ0n) is 17.1. The van der Waals surface area contributed by atoms with Gasteiger partial charge in [0, 0.05) is 19.5 Å². The molecule has 0 aromatic carbocycles. The van der Waals surface area contributed by atoms with Crippen molar-refractivity contribution in [1.29, 1.82) is 0 Å². The van der Waals surface area contributed by atoms with E-state index < -0.39 is 0 Å². The van der Waals surface area contributed by atoms with Crippen LogP contribution >= 0.6 is 0 Å². The van der Waals surface area contributed by atoms with Crippen molar-refractivity contribution in [1.82, 2.24) is 4.90 Å². The van der Waals surface area contributed by atoms with E-state index in [2.05, 4.69) is 25.7 Å². The number of rotatable bonds is 18. The molecule has 0 radical (unpaired) electrons. The van der Waals surface area contributed by atoms with Crippen LogP contribution in [0.15, 0.2) is 0 Å². The van der Waals surface area contributed by atoms with Crippen LogP contribution < -0.4 is 0 Å². The lowest BCUT2D eigenvalue weighted by molar-refractivity contribution is -0.131. The van der Waals surface area contributed by atoms with Crippen molar-refractivity contribution in [3.8, 4) is 0 Å². The summed E-state index contributed by atoms with van der Waals surface area (Å²) in [6.45, 7) is 8.46. The lowest BCUT2D eigenvalue weighted by Crippen LogP contribution is -2.32. The van der Waals surface area contributed by atoms with Crippen LogP contribution in [0.5, 0.6) is 0 Å². The van der Waals surface area contributed by atoms with Gasteiger partial charge in [-0.2, -0.15) is 0 Å². The van der Waals surface area contributed by atoms with Crippen LogP contribution in [0, 0.1) is 0 Å². The third kappa shape index (κ3) is 15.0. The molecule has 0 atom stereocenters. The summed E-state index contributed by atoms with van der Waals surface area (Å²) >= 11 is 0. The van der Waals surface area contributed by atoms with Gasteiger partial charge in [0.1, 0.15) is 0 Å². The normalized spacial score (nSPS) is 11.0. The molecule has 0 saturated carbocycles. The van der Waals surface area contributed by atoms with E-state index in [-0.39, 0.29) is 0 Å². The second-order valence-corrected chi connectivity index (χ2v) is 7.37. The Morgan fingerprint density at radius 3 is 1.29 bits per heavy atom. The van der Waals surface area contributed by atoms with Crippen molar-refractivity contribution >= 4 is 5.91 Å². The molecule has 0 heterocycles. The summed E-state index contributed by atoms with van der Waals surface area (Å²) in [5, 5.41) is 0. The van der Waals surface area contributed by atoms with E-state index >= 15 is 0 Å². The van der Waals surface area contributed by atoms with Crippen LogP contribution in [0.3, 0.4) is 0 Å². The summed E-state index contributed by atoms with van der Waals surface area (Å²) in [6.07, 6.45) is 20.6. The molecule has 0 aromatic heterocycles. The fourth-order valence-corrected chi connectivity index (χ4v) is 3.35. The summed E-state index contributed by atoms with van der Waals surface area (Å²) in [7, 11) is 0. The molecule has 0 bridgehead atoms. The molecule has 2 nitrogen and oxygen atoms in total. The molecule has 0 fully saturated rings. The van der Waals surface area contributed by atoms with E-state index in [1.807, 2.05) is 0 Å². The Morgan fingerprint density at radius 1 is 0.542 bits per heavy atom. The first kappa shape index (κ1) is 23.5. The first-order valence-corrected chi connectivity index (χ1v) is 11.0. The third-order valence-electron chi connectivity index (χ3n) is 4.83. The van der Waals surface area contributed by atoms with Gasteiger partial charge >= 0.3 is 0 Å². The van der Waals surface area contributed by atoms with Crippen molar-refractivity contribution in [2.75, 3.05) is 13.1 Å². The molecule has 0 rings (SSSR count). The second-order valence-electron chi connectivity index (χ2n) is 7.37. The second kappa shape index (κ2) is 18.8. The highest BCUT2D eigenvalue weighted by molar-refractivity contribution is 5.76. The quantitative estimate of drug-likeness (QED) is 0.243. The lowest BCUT2D eigenvalue weighted by Gasteiger charge is -2.21. The van der Waals surface area contributed by atoms with Gasteiger partial charge in [-0.1, -0.05) is 97.8 Å². The maximum atomic E-state index is 12.2. The van der Waals surface area contributed by atoms with Crippen LogP contribution in [-0.4, -0.2) is 23.9 Å². The van der Waals surface area contributed by atoms with E-state index in [0.717, 1.165) is 38.8 Å². The molecule has 0 aliphatic rings. The number of hydrogen-bond acceptors (Lipinski definition) is 1. The molecule has 0 aliphatic heterocycles. The summed E-state index contributed by atoms with van der Waals surface area (Å²) < 4.78 is 0. The van der Waals surface area contributed by atoms with Gasteiger partial charge in [-0.15, -0.1) is 0 Å². The van der Waals surface area contributed by atoms with Gasteiger partial charge in [0.2, 0.25) is 5.91 Å². The van der Waals surface area contributed by atoms with Gasteiger partial charge in [-0.05, 0) is 19.3 Å². The Bertz CT molecular complexity index is 259. The zero-order chi connectivity index (χ0) is 17.9. The minimum Gasteiger partial charge on any atom is -0.343 e. The number of carbonyl (C=O) groups is 1. The molecule has 1 amide bonds. The number of nitrogens with zero attached hydrogens (tertiary/aromatic N) is 1. The van der Waals surface area contributed by atoms with Crippen molar-refractivity contribution in [3.05, 3.63) is 0 Å². The molecule has 0 saturated heterocycles. The SMILES string of the molecule is CCCCCCCCCCCCCCCC(=O)N(CCC)CCC. The van der Waals surface area contributed by atoms with Gasteiger partial charge in [-0.25, -0.2) is 0 Å². The fraction of sp³-hybridized carbons (Fsp3) is 0.955. The predicted octanol–water partition coefficient (Wildman–Crippen LogP) is 7.12. The van der Waals surface area contributed by atoms with E-state index in [1.54, 1.807) is 0 Å². The molecule has 2 heteroatoms. The molecule has 0 N–H and O–H groups in total. The molecule has 144 valence electrons. The Morgan fingerprint density at radius 2 is 0.917 bits per heavy atom. The van der Waals surface area contributed by atoms with Gasteiger partial charge in [0.05, 0.1) is 0 Å². The van der Waals surface area contributed by atoms with Crippen molar-refractivity contribution in [2.24, 2.45) is 0 Å². The predicted molar refractivity (Wildman–Crippen MR) is 107 cm³/mol. The summed E-state index contributed by atoms with van der Waals surface area (Å²) in [6, 6.07) is 0. The highest BCUT2D eigenvalue weighted by Crippen LogP contribution is 2.13. The third-order valence-corrected chi connectivity index (χ3v) is 4.83. The Balaban J connectivity index is 3.33. The van der Waals surface area contributed by atoms with Crippen LogP contribution in [0.2, 0.25) is 0 Å². The topological polar surface area (TPSA) is 20.3 Å². The van der Waals surface area contributed by atoms with Gasteiger partial charge in [-0.3, -0.25) is 4.79 Å². The van der Waals surface area contributed by atoms with E-state index in [0.29, 0.717) is 5.91 Å². The zero-order valence-corrected chi connectivity index (χ0v) is 17.1. The fourth-order valence-electron chi connectivity index (χ4n) is 3.35.